The van der Waals surface area contributed by atoms with Crippen LogP contribution < -0.4 is 15.5 Å². The number of benzene rings is 2. The molecule has 9 heteroatoms. The second kappa shape index (κ2) is 7.51. The van der Waals surface area contributed by atoms with Crippen LogP contribution in [0.15, 0.2) is 53.7 Å². The number of carbonyl (C=O) groups is 1. The minimum Gasteiger partial charge on any atom is -0.495 e. The van der Waals surface area contributed by atoms with E-state index < -0.39 is 11.3 Å². The molecule has 0 aliphatic carbocycles. The van der Waals surface area contributed by atoms with Gasteiger partial charge in [-0.3, -0.25) is 4.79 Å². The van der Waals surface area contributed by atoms with E-state index in [0.717, 1.165) is 5.56 Å². The minimum absolute atomic E-state index is 0.219. The lowest BCUT2D eigenvalue weighted by atomic mass is 10.0. The van der Waals surface area contributed by atoms with Crippen molar-refractivity contribution in [3.8, 4) is 5.75 Å². The summed E-state index contributed by atoms with van der Waals surface area (Å²) in [6.45, 7) is 1.82. The molecule has 2 heterocycles. The molecular formula is C19H18FN5O2S. The average Bonchev–Trinajstić information content (AvgIpc) is 3.08. The van der Waals surface area contributed by atoms with Gasteiger partial charge in [-0.25, -0.2) is 9.07 Å². The van der Waals surface area contributed by atoms with Crippen LogP contribution in [0.1, 0.15) is 17.4 Å². The molecule has 0 unspecified atom stereocenters. The summed E-state index contributed by atoms with van der Waals surface area (Å²) in [6, 6.07) is 12.9. The molecule has 3 aromatic rings. The number of rotatable bonds is 4. The zero-order valence-electron chi connectivity index (χ0n) is 15.2. The van der Waals surface area contributed by atoms with Crippen LogP contribution in [0.3, 0.4) is 0 Å². The van der Waals surface area contributed by atoms with Crippen molar-refractivity contribution in [2.45, 2.75) is 23.4 Å². The number of aryl methyl sites for hydroxylation is 1. The maximum atomic E-state index is 13.4. The van der Waals surface area contributed by atoms with Gasteiger partial charge in [0.25, 0.3) is 0 Å². The number of aromatic nitrogens is 3. The van der Waals surface area contributed by atoms with E-state index in [1.54, 1.807) is 36.1 Å². The number of hydrogen-bond acceptors (Lipinski definition) is 6. The Hall–Kier alpha value is -3.07. The van der Waals surface area contributed by atoms with E-state index in [-0.39, 0.29) is 11.7 Å². The van der Waals surface area contributed by atoms with E-state index in [1.165, 1.54) is 23.9 Å². The molecule has 1 aromatic heterocycles. The Kier molecular flexibility index (Phi) is 4.91. The molecule has 1 amide bonds. The maximum Gasteiger partial charge on any atom is 0.240 e. The molecule has 0 fully saturated rings. The third kappa shape index (κ3) is 3.40. The minimum atomic E-state index is -0.550. The van der Waals surface area contributed by atoms with Gasteiger partial charge in [0.05, 0.1) is 18.8 Å². The van der Waals surface area contributed by atoms with E-state index in [9.17, 15) is 9.18 Å². The third-order valence-electron chi connectivity index (χ3n) is 4.45. The summed E-state index contributed by atoms with van der Waals surface area (Å²) in [5.74, 6) is 0.701. The fourth-order valence-electron chi connectivity index (χ4n) is 3.03. The highest BCUT2D eigenvalue weighted by atomic mass is 32.2. The van der Waals surface area contributed by atoms with Crippen LogP contribution in [0.25, 0.3) is 0 Å². The quantitative estimate of drug-likeness (QED) is 0.702. The summed E-state index contributed by atoms with van der Waals surface area (Å²) in [6.07, 6.45) is 0. The van der Waals surface area contributed by atoms with Gasteiger partial charge in [0.1, 0.15) is 22.6 Å². The molecule has 7 nitrogen and oxygen atoms in total. The number of carbonyl (C=O) groups excluding carboxylic acids is 1. The molecule has 1 aliphatic rings. The van der Waals surface area contributed by atoms with Gasteiger partial charge in [-0.15, -0.1) is 10.2 Å². The Labute approximate surface area is 165 Å². The molecule has 0 bridgehead atoms. The van der Waals surface area contributed by atoms with Crippen LogP contribution in [-0.4, -0.2) is 33.1 Å². The van der Waals surface area contributed by atoms with Crippen molar-refractivity contribution in [2.75, 3.05) is 17.9 Å². The summed E-state index contributed by atoms with van der Waals surface area (Å²) in [5.41, 5.74) is 4.65. The van der Waals surface area contributed by atoms with Gasteiger partial charge in [0.15, 0.2) is 0 Å². The Morgan fingerprint density at radius 2 is 1.96 bits per heavy atom. The number of methoxy groups -OCH3 is 1. The van der Waals surface area contributed by atoms with Crippen LogP contribution in [0, 0.1) is 12.7 Å². The first-order valence-corrected chi connectivity index (χ1v) is 9.49. The number of para-hydroxylation sites is 2. The van der Waals surface area contributed by atoms with Crippen LogP contribution in [0.2, 0.25) is 0 Å². The second-order valence-electron chi connectivity index (χ2n) is 6.25. The fourth-order valence-corrected chi connectivity index (χ4v) is 4.16. The summed E-state index contributed by atoms with van der Waals surface area (Å²) in [7, 11) is 1.55. The monoisotopic (exact) mass is 399 g/mol. The highest BCUT2D eigenvalue weighted by Gasteiger charge is 2.37. The summed E-state index contributed by atoms with van der Waals surface area (Å²) >= 11 is 1.31. The van der Waals surface area contributed by atoms with Crippen LogP contribution in [-0.2, 0) is 4.79 Å². The number of thioether (sulfide) groups is 1. The summed E-state index contributed by atoms with van der Waals surface area (Å²) in [4.78, 5) is 13.1. The Bertz CT molecular complexity index is 1010. The molecule has 2 aromatic carbocycles. The van der Waals surface area contributed by atoms with Crippen molar-refractivity contribution in [3.05, 3.63) is 65.7 Å². The number of halogens is 1. The smallest absolute Gasteiger partial charge is 0.240 e. The molecule has 28 heavy (non-hydrogen) atoms. The fraction of sp³-hybridized carbons (Fsp3) is 0.211. The van der Waals surface area contributed by atoms with Gasteiger partial charge in [0.2, 0.25) is 11.1 Å². The lowest BCUT2D eigenvalue weighted by Crippen LogP contribution is -2.41. The molecule has 1 aliphatic heterocycles. The van der Waals surface area contributed by atoms with E-state index in [0.29, 0.717) is 22.4 Å². The van der Waals surface area contributed by atoms with Crippen molar-refractivity contribution < 1.29 is 13.9 Å². The maximum absolute atomic E-state index is 13.4. The number of amides is 1. The molecule has 2 atom stereocenters. The van der Waals surface area contributed by atoms with Gasteiger partial charge >= 0.3 is 0 Å². The third-order valence-corrected chi connectivity index (χ3v) is 5.67. The van der Waals surface area contributed by atoms with E-state index >= 15 is 0 Å². The first kappa shape index (κ1) is 18.3. The first-order valence-electron chi connectivity index (χ1n) is 8.61. The van der Waals surface area contributed by atoms with E-state index in [1.807, 2.05) is 19.1 Å². The topological polar surface area (TPSA) is 81.1 Å². The zero-order chi connectivity index (χ0) is 19.7. The molecule has 4 rings (SSSR count). The number of ether oxygens (including phenoxy) is 1. The van der Waals surface area contributed by atoms with Crippen LogP contribution in [0.4, 0.5) is 10.1 Å². The SMILES string of the molecule is COc1ccccc1NC(=O)[C@@H]1Sc2nnc(C)n2N[C@@H]1c1ccc(F)cc1. The highest BCUT2D eigenvalue weighted by molar-refractivity contribution is 8.00. The molecule has 0 radical (unpaired) electrons. The number of nitrogens with one attached hydrogen (secondary N) is 2. The predicted octanol–water partition coefficient (Wildman–Crippen LogP) is 3.13. The zero-order valence-corrected chi connectivity index (χ0v) is 16.0. The van der Waals surface area contributed by atoms with Gasteiger partial charge in [-0.05, 0) is 36.8 Å². The van der Waals surface area contributed by atoms with Gasteiger partial charge in [-0.2, -0.15) is 0 Å². The van der Waals surface area contributed by atoms with Crippen molar-refractivity contribution >= 4 is 23.4 Å². The van der Waals surface area contributed by atoms with E-state index in [4.69, 9.17) is 4.74 Å². The number of hydrogen-bond donors (Lipinski definition) is 2. The Morgan fingerprint density at radius 3 is 2.71 bits per heavy atom. The summed E-state index contributed by atoms with van der Waals surface area (Å²) < 4.78 is 20.4. The molecular weight excluding hydrogens is 381 g/mol. The van der Waals surface area contributed by atoms with Crippen LogP contribution >= 0.6 is 11.8 Å². The summed E-state index contributed by atoms with van der Waals surface area (Å²) in [5, 5.41) is 11.2. The second-order valence-corrected chi connectivity index (χ2v) is 7.36. The number of fused-ring (bicyclic) bond motifs is 1. The van der Waals surface area contributed by atoms with Gasteiger partial charge in [-0.1, -0.05) is 36.0 Å². The average molecular weight is 399 g/mol. The lowest BCUT2D eigenvalue weighted by molar-refractivity contribution is -0.116. The molecule has 144 valence electrons. The van der Waals surface area contributed by atoms with Crippen molar-refractivity contribution in [1.29, 1.82) is 0 Å². The van der Waals surface area contributed by atoms with Gasteiger partial charge < -0.3 is 15.5 Å². The van der Waals surface area contributed by atoms with Crippen LogP contribution in [0.5, 0.6) is 5.75 Å². The van der Waals surface area contributed by atoms with Crippen molar-refractivity contribution in [3.63, 3.8) is 0 Å². The van der Waals surface area contributed by atoms with Crippen molar-refractivity contribution in [1.82, 2.24) is 14.9 Å². The number of nitrogens with zero attached hydrogens (tertiary/aromatic N) is 3. The molecule has 0 saturated carbocycles. The predicted molar refractivity (Wildman–Crippen MR) is 105 cm³/mol. The Balaban J connectivity index is 1.67. The lowest BCUT2D eigenvalue weighted by Gasteiger charge is -2.32. The van der Waals surface area contributed by atoms with E-state index in [2.05, 4.69) is 20.9 Å². The largest absolute Gasteiger partial charge is 0.495 e. The Morgan fingerprint density at radius 1 is 1.21 bits per heavy atom. The molecule has 2 N–H and O–H groups in total. The van der Waals surface area contributed by atoms with Crippen molar-refractivity contribution in [2.24, 2.45) is 0 Å². The van der Waals surface area contributed by atoms with Gasteiger partial charge in [0, 0.05) is 0 Å². The standard InChI is InChI=1S/C19H18FN5O2S/c1-11-22-23-19-25(11)24-16(12-7-9-13(20)10-8-12)17(28-19)18(26)21-14-5-3-4-6-15(14)27-2/h3-10,16-17,24H,1-2H3,(H,21,26)/t16-,17-/m1/s1. The number of anilines is 1. The molecule has 0 spiro atoms. The first-order chi connectivity index (χ1) is 13.6. The molecule has 0 saturated heterocycles. The highest BCUT2D eigenvalue weighted by Crippen LogP contribution is 2.38. The normalized spacial score (nSPS) is 18.1.